The number of nitrogens with one attached hydrogen (secondary N) is 1. The van der Waals surface area contributed by atoms with Gasteiger partial charge in [-0.3, -0.25) is 4.79 Å². The predicted molar refractivity (Wildman–Crippen MR) is 129 cm³/mol. The number of hydrogen-bond acceptors (Lipinski definition) is 4. The van der Waals surface area contributed by atoms with Crippen LogP contribution >= 0.6 is 0 Å². The van der Waals surface area contributed by atoms with Crippen LogP contribution in [0.2, 0.25) is 0 Å². The molecule has 4 rings (SSSR count). The molecule has 1 heterocycles. The molecule has 0 radical (unpaired) electrons. The quantitative estimate of drug-likeness (QED) is 0.460. The zero-order valence-corrected chi connectivity index (χ0v) is 18.6. The number of ketones is 1. The van der Waals surface area contributed by atoms with Crippen molar-refractivity contribution in [2.75, 3.05) is 13.7 Å². The average Bonchev–Trinajstić information content (AvgIpc) is 3.31. The van der Waals surface area contributed by atoms with Gasteiger partial charge >= 0.3 is 6.09 Å². The van der Waals surface area contributed by atoms with E-state index in [1.165, 1.54) is 6.92 Å². The fourth-order valence-electron chi connectivity index (χ4n) is 2.89. The van der Waals surface area contributed by atoms with Crippen LogP contribution in [0.5, 0.6) is 5.75 Å². The van der Waals surface area contributed by atoms with E-state index < -0.39 is 6.09 Å². The second kappa shape index (κ2) is 13.0. The van der Waals surface area contributed by atoms with Gasteiger partial charge in [0.05, 0.1) is 13.2 Å². The van der Waals surface area contributed by atoms with Gasteiger partial charge in [0.25, 0.3) is 0 Å². The van der Waals surface area contributed by atoms with E-state index in [0.717, 1.165) is 22.4 Å². The molecule has 33 heavy (non-hydrogen) atoms. The Labute approximate surface area is 194 Å². The molecule has 3 aromatic carbocycles. The first kappa shape index (κ1) is 24.8. The summed E-state index contributed by atoms with van der Waals surface area (Å²) in [5.74, 6) is 7.12. The van der Waals surface area contributed by atoms with E-state index in [2.05, 4.69) is 30.0 Å². The van der Waals surface area contributed by atoms with Crippen LogP contribution in [0.4, 0.5) is 4.79 Å². The molecule has 0 bridgehead atoms. The lowest BCUT2D eigenvalue weighted by Crippen LogP contribution is -2.18. The number of terminal acetylenes is 1. The number of carbonyl (C=O) groups is 2. The van der Waals surface area contributed by atoms with E-state index in [4.69, 9.17) is 9.47 Å². The second-order valence-corrected chi connectivity index (χ2v) is 6.82. The number of Topliss-reactive ketones (excluding diaryl/α,β-unsaturated/α-hetero) is 1. The van der Waals surface area contributed by atoms with E-state index in [1.807, 2.05) is 66.7 Å². The third-order valence-electron chi connectivity index (χ3n) is 4.58. The molecule has 1 aliphatic rings. The van der Waals surface area contributed by atoms with Crippen LogP contribution < -0.4 is 10.1 Å². The van der Waals surface area contributed by atoms with Crippen molar-refractivity contribution < 1.29 is 19.1 Å². The topological polar surface area (TPSA) is 64.6 Å². The highest BCUT2D eigenvalue weighted by atomic mass is 16.6. The van der Waals surface area contributed by atoms with Gasteiger partial charge in [-0.05, 0) is 48.9 Å². The summed E-state index contributed by atoms with van der Waals surface area (Å²) in [4.78, 5) is 22.4. The number of carbonyl (C=O) groups excluding carboxylic acids is 2. The summed E-state index contributed by atoms with van der Waals surface area (Å²) in [6.07, 6.45) is 7.61. The van der Waals surface area contributed by atoms with Crippen LogP contribution in [0.15, 0.2) is 78.9 Å². The van der Waals surface area contributed by atoms with E-state index in [0.29, 0.717) is 12.2 Å². The normalized spacial score (nSPS) is 13.3. The molecule has 0 spiro atoms. The van der Waals surface area contributed by atoms with Crippen LogP contribution in [0.1, 0.15) is 40.0 Å². The van der Waals surface area contributed by atoms with Crippen molar-refractivity contribution in [3.05, 3.63) is 101 Å². The van der Waals surface area contributed by atoms with Crippen molar-refractivity contribution in [2.24, 2.45) is 0 Å². The minimum absolute atomic E-state index is 0.0399. The van der Waals surface area contributed by atoms with Gasteiger partial charge < -0.3 is 14.8 Å². The fourth-order valence-corrected chi connectivity index (χ4v) is 2.89. The summed E-state index contributed by atoms with van der Waals surface area (Å²) in [5.41, 5.74) is 3.35. The van der Waals surface area contributed by atoms with Crippen molar-refractivity contribution in [3.8, 4) is 30.4 Å². The van der Waals surface area contributed by atoms with E-state index in [-0.39, 0.29) is 11.8 Å². The minimum Gasteiger partial charge on any atom is -0.497 e. The van der Waals surface area contributed by atoms with Crippen LogP contribution in [0.25, 0.3) is 0 Å². The Morgan fingerprint density at radius 1 is 0.970 bits per heavy atom. The van der Waals surface area contributed by atoms with Crippen LogP contribution in [0, 0.1) is 24.7 Å². The number of methoxy groups -OCH3 is 1. The lowest BCUT2D eigenvalue weighted by atomic mass is 10.0. The Morgan fingerprint density at radius 3 is 2.18 bits per heavy atom. The average molecular weight is 440 g/mol. The van der Waals surface area contributed by atoms with E-state index >= 15 is 0 Å². The molecule has 1 fully saturated rings. The molecule has 1 amide bonds. The van der Waals surface area contributed by atoms with E-state index in [9.17, 15) is 9.59 Å². The Balaban J connectivity index is 0.000000323. The Hall–Kier alpha value is -4.48. The van der Waals surface area contributed by atoms with Crippen LogP contribution in [-0.2, 0) is 4.74 Å². The number of alkyl carbamates (subject to hydrolysis) is 1. The zero-order valence-electron chi connectivity index (χ0n) is 18.6. The van der Waals surface area contributed by atoms with Crippen LogP contribution in [0.3, 0.4) is 0 Å². The first-order valence-electron chi connectivity index (χ1n) is 10.1. The maximum absolute atomic E-state index is 11.2. The van der Waals surface area contributed by atoms with Crippen molar-refractivity contribution >= 4 is 11.9 Å². The summed E-state index contributed by atoms with van der Waals surface area (Å²) in [5, 5.41) is 2.75. The summed E-state index contributed by atoms with van der Waals surface area (Å²) in [6.45, 7) is 1.87. The molecule has 166 valence electrons. The Bertz CT molecular complexity index is 1140. The molecule has 5 nitrogen and oxygen atoms in total. The first-order chi connectivity index (χ1) is 16.0. The maximum atomic E-state index is 11.2. The molecule has 1 atom stereocenters. The molecular formula is C28H25NO4. The van der Waals surface area contributed by atoms with Gasteiger partial charge in [-0.25, -0.2) is 4.79 Å². The molecule has 0 saturated carbocycles. The van der Waals surface area contributed by atoms with Gasteiger partial charge in [-0.15, -0.1) is 12.8 Å². The molecule has 5 heteroatoms. The highest BCUT2D eigenvalue weighted by Crippen LogP contribution is 2.19. The standard InChI is InChI=1S/C19H15NO3.C7H8O.C2H2/c1-13(21)16-9-7-14(8-10-16)5-6-15-3-2-4-17(11-15)18-12-23-19(22)20-18;1-8-7-5-3-2-4-6-7;1-2/h2-4,7-11,18H,12H2,1H3,(H,20,22);2-6H,1H3;1-2H/t18-;;/m0../s1. The molecule has 0 aromatic heterocycles. The highest BCUT2D eigenvalue weighted by Gasteiger charge is 2.23. The number of hydrogen-bond donors (Lipinski definition) is 1. The maximum Gasteiger partial charge on any atom is 0.407 e. The van der Waals surface area contributed by atoms with Gasteiger partial charge in [0.15, 0.2) is 5.78 Å². The zero-order chi connectivity index (χ0) is 24.1. The minimum atomic E-state index is -0.392. The molecule has 0 aliphatic carbocycles. The van der Waals surface area contributed by atoms with Gasteiger partial charge in [0.1, 0.15) is 12.4 Å². The summed E-state index contributed by atoms with van der Waals surface area (Å²) >= 11 is 0. The number of ether oxygens (including phenoxy) is 2. The van der Waals surface area contributed by atoms with Crippen molar-refractivity contribution in [2.45, 2.75) is 13.0 Å². The third-order valence-corrected chi connectivity index (χ3v) is 4.58. The first-order valence-corrected chi connectivity index (χ1v) is 10.1. The monoisotopic (exact) mass is 439 g/mol. The number of rotatable bonds is 3. The number of para-hydroxylation sites is 1. The van der Waals surface area contributed by atoms with Crippen molar-refractivity contribution in [1.82, 2.24) is 5.32 Å². The molecule has 1 N–H and O–H groups in total. The molecule has 3 aromatic rings. The third kappa shape index (κ3) is 7.94. The summed E-state index contributed by atoms with van der Waals surface area (Å²) < 4.78 is 9.82. The lowest BCUT2D eigenvalue weighted by molar-refractivity contribution is 0.101. The van der Waals surface area contributed by atoms with Gasteiger partial charge in [-0.2, -0.15) is 0 Å². The largest absolute Gasteiger partial charge is 0.497 e. The summed E-state index contributed by atoms with van der Waals surface area (Å²) in [7, 11) is 1.66. The van der Waals surface area contributed by atoms with Crippen molar-refractivity contribution in [3.63, 3.8) is 0 Å². The predicted octanol–water partition coefficient (Wildman–Crippen LogP) is 5.01. The molecule has 0 unspecified atom stereocenters. The highest BCUT2D eigenvalue weighted by molar-refractivity contribution is 5.94. The molecule has 1 aliphatic heterocycles. The number of cyclic esters (lactones) is 1. The molecule has 1 saturated heterocycles. The number of amides is 1. The van der Waals surface area contributed by atoms with Gasteiger partial charge in [0.2, 0.25) is 0 Å². The molecular weight excluding hydrogens is 414 g/mol. The SMILES string of the molecule is C#C.CC(=O)c1ccc(C#Cc2cccc([C@@H]3COC(=O)N3)c2)cc1.COc1ccccc1. The Morgan fingerprint density at radius 2 is 1.64 bits per heavy atom. The van der Waals surface area contributed by atoms with E-state index in [1.54, 1.807) is 19.2 Å². The van der Waals surface area contributed by atoms with Gasteiger partial charge in [-0.1, -0.05) is 54.3 Å². The second-order valence-electron chi connectivity index (χ2n) is 6.82. The van der Waals surface area contributed by atoms with Crippen LogP contribution in [-0.4, -0.2) is 25.6 Å². The van der Waals surface area contributed by atoms with Crippen molar-refractivity contribution in [1.29, 1.82) is 0 Å². The number of benzene rings is 3. The smallest absolute Gasteiger partial charge is 0.407 e. The lowest BCUT2D eigenvalue weighted by Gasteiger charge is -2.07. The fraction of sp³-hybridized carbons (Fsp3) is 0.143. The Kier molecular flexibility index (Phi) is 9.80. The summed E-state index contributed by atoms with van der Waals surface area (Å²) in [6, 6.07) is 24.5. The van der Waals surface area contributed by atoms with Gasteiger partial charge in [0, 0.05) is 16.7 Å².